The molecule has 1 aliphatic heterocycles. The lowest BCUT2D eigenvalue weighted by atomic mass is 10.1. The van der Waals surface area contributed by atoms with Gasteiger partial charge in [-0.15, -0.1) is 0 Å². The second kappa shape index (κ2) is 12.3. The van der Waals surface area contributed by atoms with E-state index in [1.165, 1.54) is 38.8 Å². The Hall–Kier alpha value is -4.29. The van der Waals surface area contributed by atoms with Crippen LogP contribution < -0.4 is 21.3 Å². The molecule has 0 bridgehead atoms. The van der Waals surface area contributed by atoms with Crippen molar-refractivity contribution in [3.63, 3.8) is 0 Å². The maximum absolute atomic E-state index is 13.1. The number of nitrogens with zero attached hydrogens (tertiary/aromatic N) is 5. The van der Waals surface area contributed by atoms with Gasteiger partial charge in [0, 0.05) is 38.4 Å². The molecular weight excluding hydrogens is 528 g/mol. The highest BCUT2D eigenvalue weighted by Gasteiger charge is 2.19. The number of amidine groups is 1. The largest absolute Gasteiger partial charge is 0.382 e. The molecule has 1 aromatic heterocycles. The number of carbonyl (C=O) groups excluding carboxylic acids is 1. The average Bonchev–Trinajstić information content (AvgIpc) is 2.95. The van der Waals surface area contributed by atoms with Crippen LogP contribution in [-0.4, -0.2) is 61.6 Å². The number of carbonyl (C=O) groups is 1. The second-order valence-corrected chi connectivity index (χ2v) is 11.7. The number of anilines is 3. The van der Waals surface area contributed by atoms with Gasteiger partial charge in [0.25, 0.3) is 5.91 Å². The number of nitrogens with one attached hydrogen (secondary N) is 2. The highest BCUT2D eigenvalue weighted by molar-refractivity contribution is 7.89. The third-order valence-corrected chi connectivity index (χ3v) is 8.31. The highest BCUT2D eigenvalue weighted by atomic mass is 32.2. The topological polar surface area (TPSA) is 146 Å². The molecule has 1 amide bonds. The maximum Gasteiger partial charge on any atom is 0.255 e. The van der Waals surface area contributed by atoms with Crippen molar-refractivity contribution >= 4 is 44.8 Å². The van der Waals surface area contributed by atoms with E-state index in [0.717, 1.165) is 35.8 Å². The molecular formula is C28H34N8O3S. The van der Waals surface area contributed by atoms with Gasteiger partial charge in [0.15, 0.2) is 5.84 Å². The molecule has 40 heavy (non-hydrogen) atoms. The molecule has 0 saturated carbocycles. The van der Waals surface area contributed by atoms with Gasteiger partial charge >= 0.3 is 0 Å². The number of hydrogen-bond acceptors (Lipinski definition) is 8. The van der Waals surface area contributed by atoms with Gasteiger partial charge in [-0.1, -0.05) is 18.7 Å². The monoisotopic (exact) mass is 562 g/mol. The predicted molar refractivity (Wildman–Crippen MR) is 159 cm³/mol. The molecule has 1 fully saturated rings. The Morgan fingerprint density at radius 2 is 1.90 bits per heavy atom. The van der Waals surface area contributed by atoms with E-state index >= 15 is 0 Å². The van der Waals surface area contributed by atoms with E-state index in [0.29, 0.717) is 34.3 Å². The van der Waals surface area contributed by atoms with Crippen LogP contribution in [0.4, 0.5) is 23.0 Å². The van der Waals surface area contributed by atoms with Crippen LogP contribution in [0.15, 0.2) is 71.3 Å². The molecule has 0 spiro atoms. The lowest BCUT2D eigenvalue weighted by Gasteiger charge is -2.27. The number of amides is 1. The summed E-state index contributed by atoms with van der Waals surface area (Å²) in [5.41, 5.74) is 9.45. The highest BCUT2D eigenvalue weighted by Crippen LogP contribution is 2.25. The van der Waals surface area contributed by atoms with Gasteiger partial charge in [0.2, 0.25) is 16.0 Å². The van der Waals surface area contributed by atoms with Crippen molar-refractivity contribution in [1.29, 1.82) is 0 Å². The van der Waals surface area contributed by atoms with Gasteiger partial charge in [-0.3, -0.25) is 4.79 Å². The fourth-order valence-corrected chi connectivity index (χ4v) is 5.18. The lowest BCUT2D eigenvalue weighted by molar-refractivity contribution is 0.102. The van der Waals surface area contributed by atoms with Gasteiger partial charge in [-0.2, -0.15) is 0 Å². The third kappa shape index (κ3) is 6.46. The summed E-state index contributed by atoms with van der Waals surface area (Å²) in [6.07, 6.45) is 6.53. The molecule has 2 heterocycles. The van der Waals surface area contributed by atoms with Gasteiger partial charge in [0.05, 0.1) is 22.5 Å². The number of hydrogen-bond donors (Lipinski definition) is 3. The maximum atomic E-state index is 13.1. The molecule has 11 nitrogen and oxygen atoms in total. The van der Waals surface area contributed by atoms with Crippen molar-refractivity contribution in [1.82, 2.24) is 14.3 Å². The van der Waals surface area contributed by atoms with E-state index < -0.39 is 15.9 Å². The van der Waals surface area contributed by atoms with Crippen LogP contribution in [0.25, 0.3) is 0 Å². The summed E-state index contributed by atoms with van der Waals surface area (Å²) in [6, 6.07) is 11.2. The van der Waals surface area contributed by atoms with E-state index in [1.54, 1.807) is 36.5 Å². The van der Waals surface area contributed by atoms with Crippen LogP contribution in [0.3, 0.4) is 0 Å². The summed E-state index contributed by atoms with van der Waals surface area (Å²) in [5, 5.41) is 5.78. The Kier molecular flexibility index (Phi) is 8.80. The summed E-state index contributed by atoms with van der Waals surface area (Å²) in [7, 11) is -0.742. The van der Waals surface area contributed by atoms with Gasteiger partial charge in [-0.05, 0) is 68.3 Å². The Morgan fingerprint density at radius 1 is 1.15 bits per heavy atom. The van der Waals surface area contributed by atoms with Crippen molar-refractivity contribution < 1.29 is 13.2 Å². The SMILES string of the molecule is C=CNc1cnc(N2CCCCC2)nc1C(N)=Nc1cc(C(=O)Nc2cccc(S(=O)(=O)N(C)C)c2)ccc1C. The zero-order valence-electron chi connectivity index (χ0n) is 22.9. The fraction of sp³-hybridized carbons (Fsp3) is 0.286. The Labute approximate surface area is 234 Å². The van der Waals surface area contributed by atoms with E-state index in [9.17, 15) is 13.2 Å². The van der Waals surface area contributed by atoms with E-state index in [2.05, 4.69) is 32.1 Å². The Morgan fingerprint density at radius 3 is 2.60 bits per heavy atom. The Balaban J connectivity index is 1.62. The molecule has 0 radical (unpaired) electrons. The van der Waals surface area contributed by atoms with E-state index in [1.807, 2.05) is 6.92 Å². The van der Waals surface area contributed by atoms with Gasteiger partial charge in [-0.25, -0.2) is 27.7 Å². The summed E-state index contributed by atoms with van der Waals surface area (Å²) >= 11 is 0. The standard InChI is InChI=1S/C28H34N8O3S/c1-5-30-24-18-31-28(36-14-7-6-8-15-36)34-25(24)26(29)33-23-16-20(13-12-19(23)2)27(37)32-21-10-9-11-22(17-21)40(38,39)35(3)4/h5,9-13,16-18,30H,1,6-8,14-15H2,2-4H3,(H2,29,33)(H,32,37). The molecule has 0 aliphatic carbocycles. The molecule has 4 rings (SSSR count). The number of aromatic nitrogens is 2. The van der Waals surface area contributed by atoms with Crippen LogP contribution >= 0.6 is 0 Å². The minimum atomic E-state index is -3.64. The molecule has 12 heteroatoms. The van der Waals surface area contributed by atoms with Crippen LogP contribution in [0.2, 0.25) is 0 Å². The summed E-state index contributed by atoms with van der Waals surface area (Å²) < 4.78 is 26.1. The molecule has 4 N–H and O–H groups in total. The minimum Gasteiger partial charge on any atom is -0.382 e. The number of aliphatic imine (C=N–C) groups is 1. The van der Waals surface area contributed by atoms with Crippen molar-refractivity contribution in [3.05, 3.63) is 78.3 Å². The average molecular weight is 563 g/mol. The van der Waals surface area contributed by atoms with Crippen molar-refractivity contribution in [3.8, 4) is 0 Å². The number of piperidine rings is 1. The van der Waals surface area contributed by atoms with Gasteiger partial charge in [0.1, 0.15) is 5.69 Å². The normalized spacial score (nSPS) is 14.2. The van der Waals surface area contributed by atoms with Crippen LogP contribution in [0, 0.1) is 6.92 Å². The molecule has 3 aromatic rings. The van der Waals surface area contributed by atoms with E-state index in [4.69, 9.17) is 10.7 Å². The summed E-state index contributed by atoms with van der Waals surface area (Å²) in [6.45, 7) is 7.35. The molecule has 1 saturated heterocycles. The third-order valence-electron chi connectivity index (χ3n) is 6.50. The summed E-state index contributed by atoms with van der Waals surface area (Å²) in [4.78, 5) is 29.1. The first kappa shape index (κ1) is 28.7. The zero-order chi connectivity index (χ0) is 28.9. The van der Waals surface area contributed by atoms with E-state index in [-0.39, 0.29) is 10.7 Å². The lowest BCUT2D eigenvalue weighted by Crippen LogP contribution is -2.32. The first-order chi connectivity index (χ1) is 19.1. The zero-order valence-corrected chi connectivity index (χ0v) is 23.7. The number of sulfonamides is 1. The first-order valence-electron chi connectivity index (χ1n) is 12.9. The number of nitrogens with two attached hydrogens (primary N) is 1. The van der Waals surface area contributed by atoms with Crippen LogP contribution in [0.5, 0.6) is 0 Å². The predicted octanol–water partition coefficient (Wildman–Crippen LogP) is 3.87. The van der Waals surface area contributed by atoms with Crippen molar-refractivity contribution in [2.45, 2.75) is 31.1 Å². The Bertz CT molecular complexity index is 1550. The molecule has 0 atom stereocenters. The fourth-order valence-electron chi connectivity index (χ4n) is 4.23. The first-order valence-corrected chi connectivity index (χ1v) is 14.3. The van der Waals surface area contributed by atoms with Crippen LogP contribution in [-0.2, 0) is 10.0 Å². The second-order valence-electron chi connectivity index (χ2n) is 9.60. The molecule has 2 aromatic carbocycles. The quantitative estimate of drug-likeness (QED) is 0.263. The van der Waals surface area contributed by atoms with Crippen LogP contribution in [0.1, 0.15) is 40.9 Å². The van der Waals surface area contributed by atoms with Gasteiger partial charge < -0.3 is 21.3 Å². The smallest absolute Gasteiger partial charge is 0.255 e. The summed E-state index contributed by atoms with van der Waals surface area (Å²) in [5.74, 6) is 0.330. The van der Waals surface area contributed by atoms with Crippen molar-refractivity contribution in [2.75, 3.05) is 42.7 Å². The number of aryl methyl sites for hydroxylation is 1. The van der Waals surface area contributed by atoms with Crippen molar-refractivity contribution in [2.24, 2.45) is 10.7 Å². The molecule has 210 valence electrons. The minimum absolute atomic E-state index is 0.0787. The molecule has 1 aliphatic rings. The number of benzene rings is 2. The number of rotatable bonds is 9. The molecule has 0 unspecified atom stereocenters.